The van der Waals surface area contributed by atoms with E-state index in [1.165, 1.54) is 0 Å². The Hall–Kier alpha value is -1.16. The monoisotopic (exact) mass is 226 g/mol. The Balaban J connectivity index is 0.00000106. The minimum atomic E-state index is 0.779. The lowest BCUT2D eigenvalue weighted by Crippen LogP contribution is -2.31. The van der Waals surface area contributed by atoms with E-state index in [0.717, 1.165) is 44.1 Å². The molecule has 0 unspecified atom stereocenters. The van der Waals surface area contributed by atoms with Crippen LogP contribution in [0, 0.1) is 0 Å². The normalized spacial score (nSPS) is 18.6. The molecule has 0 spiro atoms. The average molecular weight is 226 g/mol. The molecule has 1 fully saturated rings. The molecule has 0 radical (unpaired) electrons. The third-order valence-corrected chi connectivity index (χ3v) is 2.22. The van der Waals surface area contributed by atoms with Crippen LogP contribution in [0.4, 0.5) is 0 Å². The van der Waals surface area contributed by atoms with Crippen molar-refractivity contribution in [3.63, 3.8) is 0 Å². The van der Waals surface area contributed by atoms with Crippen LogP contribution in [0.25, 0.3) is 0 Å². The van der Waals surface area contributed by atoms with Crippen molar-refractivity contribution in [3.8, 4) is 0 Å². The predicted octanol–water partition coefficient (Wildman–Crippen LogP) is 0.970. The Morgan fingerprint density at radius 2 is 1.81 bits per heavy atom. The van der Waals surface area contributed by atoms with Crippen LogP contribution >= 0.6 is 0 Å². The van der Waals surface area contributed by atoms with Gasteiger partial charge >= 0.3 is 0 Å². The van der Waals surface area contributed by atoms with Crippen LogP contribution in [-0.2, 0) is 0 Å². The van der Waals surface area contributed by atoms with Gasteiger partial charge in [0.2, 0.25) is 0 Å². The smallest absolute Gasteiger partial charge is 0.0987 e. The fraction of sp³-hybridized carbons (Fsp3) is 0.667. The summed E-state index contributed by atoms with van der Waals surface area (Å²) in [5.74, 6) is 0.804. The van der Waals surface area contributed by atoms with E-state index in [1.807, 2.05) is 32.9 Å². The van der Waals surface area contributed by atoms with Crippen molar-refractivity contribution in [1.82, 2.24) is 10.2 Å². The molecule has 94 valence electrons. The van der Waals surface area contributed by atoms with Gasteiger partial charge in [-0.15, -0.1) is 0 Å². The van der Waals surface area contributed by atoms with Gasteiger partial charge in [-0.1, -0.05) is 13.8 Å². The van der Waals surface area contributed by atoms with Gasteiger partial charge in [-0.3, -0.25) is 0 Å². The van der Waals surface area contributed by atoms with Gasteiger partial charge in [-0.25, -0.2) is 0 Å². The van der Waals surface area contributed by atoms with Crippen LogP contribution < -0.4 is 16.8 Å². The van der Waals surface area contributed by atoms with Crippen LogP contribution in [-0.4, -0.2) is 31.1 Å². The number of nitrogens with zero attached hydrogens (tertiary/aromatic N) is 1. The first-order valence-electron chi connectivity index (χ1n) is 6.05. The van der Waals surface area contributed by atoms with Gasteiger partial charge in [0.05, 0.1) is 5.82 Å². The second-order valence-electron chi connectivity index (χ2n) is 3.59. The van der Waals surface area contributed by atoms with E-state index in [9.17, 15) is 0 Å². The fourth-order valence-electron chi connectivity index (χ4n) is 1.43. The van der Waals surface area contributed by atoms with E-state index in [2.05, 4.69) is 10.2 Å². The van der Waals surface area contributed by atoms with Crippen LogP contribution in [0.5, 0.6) is 0 Å². The number of allylic oxidation sites excluding steroid dienone is 3. The van der Waals surface area contributed by atoms with Crippen LogP contribution in [0.2, 0.25) is 0 Å². The molecule has 16 heavy (non-hydrogen) atoms. The molecule has 0 saturated carbocycles. The quantitative estimate of drug-likeness (QED) is 0.614. The summed E-state index contributed by atoms with van der Waals surface area (Å²) in [6.07, 6.45) is 4.86. The van der Waals surface area contributed by atoms with Crippen molar-refractivity contribution in [2.24, 2.45) is 11.5 Å². The molecule has 0 atom stereocenters. The van der Waals surface area contributed by atoms with Crippen molar-refractivity contribution in [3.05, 3.63) is 23.7 Å². The standard InChI is InChI=1S/C10H20N4.C2H6/c1-9(11)3-4-10(12)14-7-2-5-13-6-8-14;1-2/h3-4,13H,2,5-8,11-12H2,1H3;1-2H3/b9-3-,10-4+;. The summed E-state index contributed by atoms with van der Waals surface area (Å²) in [6, 6.07) is 0. The summed E-state index contributed by atoms with van der Waals surface area (Å²) in [6.45, 7) is 9.93. The fourth-order valence-corrected chi connectivity index (χ4v) is 1.43. The summed E-state index contributed by atoms with van der Waals surface area (Å²) < 4.78 is 0. The first kappa shape index (κ1) is 14.8. The molecule has 0 aliphatic carbocycles. The molecule has 1 heterocycles. The van der Waals surface area contributed by atoms with Gasteiger partial charge in [-0.05, 0) is 32.0 Å². The zero-order chi connectivity index (χ0) is 12.4. The highest BCUT2D eigenvalue weighted by Crippen LogP contribution is 2.01. The molecule has 1 saturated heterocycles. The second kappa shape index (κ2) is 9.09. The van der Waals surface area contributed by atoms with Crippen LogP contribution in [0.1, 0.15) is 27.2 Å². The number of hydrogen-bond donors (Lipinski definition) is 3. The van der Waals surface area contributed by atoms with E-state index in [-0.39, 0.29) is 0 Å². The van der Waals surface area contributed by atoms with Gasteiger partial charge in [-0.2, -0.15) is 0 Å². The molecule has 1 aliphatic rings. The van der Waals surface area contributed by atoms with E-state index in [4.69, 9.17) is 11.5 Å². The Morgan fingerprint density at radius 1 is 1.12 bits per heavy atom. The number of hydrogen-bond acceptors (Lipinski definition) is 4. The highest BCUT2D eigenvalue weighted by atomic mass is 15.2. The van der Waals surface area contributed by atoms with Crippen molar-refractivity contribution in [1.29, 1.82) is 0 Å². The lowest BCUT2D eigenvalue weighted by molar-refractivity contribution is 0.363. The first-order chi connectivity index (χ1) is 7.70. The molecule has 0 aromatic carbocycles. The maximum atomic E-state index is 5.93. The molecular weight excluding hydrogens is 200 g/mol. The lowest BCUT2D eigenvalue weighted by Gasteiger charge is -2.21. The van der Waals surface area contributed by atoms with E-state index < -0.39 is 0 Å². The Kier molecular flexibility index (Phi) is 8.43. The average Bonchev–Trinajstić information content (AvgIpc) is 2.57. The predicted molar refractivity (Wildman–Crippen MR) is 70.6 cm³/mol. The molecule has 1 rings (SSSR count). The van der Waals surface area contributed by atoms with Crippen LogP contribution in [0.15, 0.2) is 23.7 Å². The van der Waals surface area contributed by atoms with Crippen molar-refractivity contribution in [2.45, 2.75) is 27.2 Å². The molecule has 4 nitrogen and oxygen atoms in total. The number of nitrogens with one attached hydrogen (secondary N) is 1. The van der Waals surface area contributed by atoms with Crippen molar-refractivity contribution in [2.75, 3.05) is 26.2 Å². The largest absolute Gasteiger partial charge is 0.402 e. The van der Waals surface area contributed by atoms with Gasteiger partial charge < -0.3 is 21.7 Å². The topological polar surface area (TPSA) is 67.3 Å². The summed E-state index contributed by atoms with van der Waals surface area (Å²) >= 11 is 0. The molecule has 0 amide bonds. The number of nitrogens with two attached hydrogens (primary N) is 2. The first-order valence-corrected chi connectivity index (χ1v) is 6.05. The second-order valence-corrected chi connectivity index (χ2v) is 3.59. The zero-order valence-electron chi connectivity index (χ0n) is 10.8. The van der Waals surface area contributed by atoms with Crippen molar-refractivity contribution >= 4 is 0 Å². The molecule has 5 N–H and O–H groups in total. The third-order valence-electron chi connectivity index (χ3n) is 2.22. The van der Waals surface area contributed by atoms with Gasteiger partial charge in [0, 0.05) is 25.3 Å². The molecule has 0 aromatic heterocycles. The Morgan fingerprint density at radius 3 is 2.44 bits per heavy atom. The maximum absolute atomic E-state index is 5.93. The maximum Gasteiger partial charge on any atom is 0.0987 e. The summed E-state index contributed by atoms with van der Waals surface area (Å²) in [5.41, 5.74) is 12.2. The SMILES string of the molecule is C/C(N)=C/C=C(\N)N1CCCNCC1.CC. The van der Waals surface area contributed by atoms with Crippen molar-refractivity contribution < 1.29 is 0 Å². The molecular formula is C12H26N4. The van der Waals surface area contributed by atoms with Gasteiger partial charge in [0.1, 0.15) is 0 Å². The molecule has 4 heteroatoms. The Labute approximate surface area is 99.4 Å². The molecule has 1 aliphatic heterocycles. The highest BCUT2D eigenvalue weighted by molar-refractivity contribution is 5.12. The lowest BCUT2D eigenvalue weighted by atomic mass is 10.3. The highest BCUT2D eigenvalue weighted by Gasteiger charge is 2.07. The van der Waals surface area contributed by atoms with E-state index >= 15 is 0 Å². The minimum Gasteiger partial charge on any atom is -0.402 e. The third kappa shape index (κ3) is 6.35. The summed E-state index contributed by atoms with van der Waals surface area (Å²) in [7, 11) is 0. The van der Waals surface area contributed by atoms with E-state index in [0.29, 0.717) is 0 Å². The van der Waals surface area contributed by atoms with E-state index in [1.54, 1.807) is 0 Å². The zero-order valence-corrected chi connectivity index (χ0v) is 10.8. The van der Waals surface area contributed by atoms with Gasteiger partial charge in [0.15, 0.2) is 0 Å². The Bertz CT molecular complexity index is 221. The summed E-state index contributed by atoms with van der Waals surface area (Å²) in [4.78, 5) is 2.18. The number of rotatable bonds is 2. The van der Waals surface area contributed by atoms with Crippen LogP contribution in [0.3, 0.4) is 0 Å². The minimum absolute atomic E-state index is 0.779. The molecule has 0 aromatic rings. The molecule has 0 bridgehead atoms. The summed E-state index contributed by atoms with van der Waals surface area (Å²) in [5, 5.41) is 3.33. The van der Waals surface area contributed by atoms with Gasteiger partial charge in [0.25, 0.3) is 0 Å².